The van der Waals surface area contributed by atoms with E-state index in [-0.39, 0.29) is 60.2 Å². The Morgan fingerprint density at radius 3 is 2.15 bits per heavy atom. The third-order valence-electron chi connectivity index (χ3n) is 7.65. The van der Waals surface area contributed by atoms with E-state index >= 15 is 4.39 Å². The number of aliphatic hydroxyl groups excluding tert-OH is 2. The summed E-state index contributed by atoms with van der Waals surface area (Å²) < 4.78 is 77.6. The van der Waals surface area contributed by atoms with Gasteiger partial charge in [-0.1, -0.05) is 20.8 Å². The molecule has 11 nitrogen and oxygen atoms in total. The molecule has 4 rings (SSSR count). The van der Waals surface area contributed by atoms with Crippen LogP contribution in [0.2, 0.25) is 0 Å². The molecule has 0 radical (unpaired) electrons. The number of carbonyl (C=O) groups excluding carboxylic acids is 2. The lowest BCUT2D eigenvalue weighted by Gasteiger charge is -2.31. The normalized spacial score (nSPS) is 18.8. The Balaban J connectivity index is 1.87. The molecule has 0 saturated carbocycles. The van der Waals surface area contributed by atoms with Crippen LogP contribution in [0, 0.1) is 11.2 Å². The number of hydrogen-bond donors (Lipinski definition) is 3. The molecule has 0 bridgehead atoms. The number of benzene rings is 2. The molecule has 1 fully saturated rings. The molecule has 2 aliphatic heterocycles. The molecule has 1 unspecified atom stereocenters. The average molecular weight is 656 g/mol. The summed E-state index contributed by atoms with van der Waals surface area (Å²) in [7, 11) is 1.39. The van der Waals surface area contributed by atoms with Gasteiger partial charge in [-0.05, 0) is 43.0 Å². The summed E-state index contributed by atoms with van der Waals surface area (Å²) in [6.07, 6.45) is -10.1. The summed E-state index contributed by atoms with van der Waals surface area (Å²) in [4.78, 5) is 28.7. The Labute approximate surface area is 263 Å². The molecular formula is C31H37F4N3O8. The number of hydrogen-bond acceptors (Lipinski definition) is 10. The van der Waals surface area contributed by atoms with Gasteiger partial charge in [-0.15, -0.1) is 0 Å². The fourth-order valence-electron chi connectivity index (χ4n) is 5.49. The van der Waals surface area contributed by atoms with Crippen LogP contribution >= 0.6 is 0 Å². The monoisotopic (exact) mass is 655 g/mol. The number of alkyl halides is 3. The van der Waals surface area contributed by atoms with Crippen molar-refractivity contribution in [2.75, 3.05) is 38.3 Å². The van der Waals surface area contributed by atoms with E-state index in [1.54, 1.807) is 39.5 Å². The Hall–Kier alpha value is -4.11. The van der Waals surface area contributed by atoms with Gasteiger partial charge in [0, 0.05) is 30.8 Å². The van der Waals surface area contributed by atoms with Crippen LogP contribution in [0.1, 0.15) is 61.7 Å². The fourth-order valence-corrected chi connectivity index (χ4v) is 5.49. The van der Waals surface area contributed by atoms with E-state index < -0.39 is 60.0 Å². The highest BCUT2D eigenvalue weighted by atomic mass is 19.4. The number of Topliss-reactive ketones (excluding diaryl/α,β-unsaturated/α-hetero) is 1. The van der Waals surface area contributed by atoms with Gasteiger partial charge < -0.3 is 39.0 Å². The molecule has 2 aromatic carbocycles. The molecule has 3 N–H and O–H groups in total. The van der Waals surface area contributed by atoms with Crippen molar-refractivity contribution in [3.63, 3.8) is 0 Å². The summed E-state index contributed by atoms with van der Waals surface area (Å²) in [5, 5.41) is 29.1. The maximum atomic E-state index is 15.8. The molecule has 46 heavy (non-hydrogen) atoms. The number of aliphatic hydroxyl groups is 2. The predicted octanol–water partition coefficient (Wildman–Crippen LogP) is 3.93. The van der Waals surface area contributed by atoms with E-state index in [2.05, 4.69) is 0 Å². The molecule has 0 aromatic heterocycles. The van der Waals surface area contributed by atoms with Gasteiger partial charge >= 0.3 is 12.1 Å². The molecule has 1 saturated heterocycles. The Morgan fingerprint density at radius 1 is 1.02 bits per heavy atom. The van der Waals surface area contributed by atoms with Gasteiger partial charge in [-0.3, -0.25) is 10.2 Å². The first-order valence-electron chi connectivity index (χ1n) is 14.6. The van der Waals surface area contributed by atoms with E-state index in [0.29, 0.717) is 11.3 Å². The number of ketones is 1. The van der Waals surface area contributed by atoms with Gasteiger partial charge in [0.2, 0.25) is 12.0 Å². The van der Waals surface area contributed by atoms with Gasteiger partial charge in [0.05, 0.1) is 43.8 Å². The number of methoxy groups -OCH3 is 1. The van der Waals surface area contributed by atoms with E-state index in [1.807, 2.05) is 0 Å². The number of carbonyl (C=O) groups is 2. The number of fused-ring (bicyclic) bond motifs is 1. The predicted molar refractivity (Wildman–Crippen MR) is 157 cm³/mol. The number of halogens is 4. The van der Waals surface area contributed by atoms with Crippen molar-refractivity contribution in [2.45, 2.75) is 71.2 Å². The van der Waals surface area contributed by atoms with Gasteiger partial charge in [0.15, 0.2) is 17.3 Å². The number of amidine groups is 1. The van der Waals surface area contributed by atoms with Crippen LogP contribution < -0.4 is 19.1 Å². The number of nitrogens with one attached hydrogen (secondary N) is 1. The summed E-state index contributed by atoms with van der Waals surface area (Å²) >= 11 is 0. The number of anilines is 1. The summed E-state index contributed by atoms with van der Waals surface area (Å²) in [6.45, 7) is 8.28. The van der Waals surface area contributed by atoms with Crippen molar-refractivity contribution >= 4 is 23.3 Å². The lowest BCUT2D eigenvalue weighted by molar-refractivity contribution is -0.207. The van der Waals surface area contributed by atoms with Crippen LogP contribution in [0.3, 0.4) is 0 Å². The third-order valence-corrected chi connectivity index (χ3v) is 7.65. The molecular weight excluding hydrogens is 618 g/mol. The summed E-state index contributed by atoms with van der Waals surface area (Å²) in [5.41, 5.74) is -0.466. The van der Waals surface area contributed by atoms with Crippen LogP contribution in [0.25, 0.3) is 0 Å². The smallest absolute Gasteiger partial charge is 0.491 e. The van der Waals surface area contributed by atoms with Crippen molar-refractivity contribution in [3.05, 3.63) is 46.3 Å². The largest absolute Gasteiger partial charge is 0.494 e. The third kappa shape index (κ3) is 6.56. The van der Waals surface area contributed by atoms with Crippen LogP contribution in [0.5, 0.6) is 17.2 Å². The van der Waals surface area contributed by atoms with E-state index in [1.165, 1.54) is 25.3 Å². The number of β-amino-alcohol motifs (C(OH)–C–C–N with tert-alkyl or cyclic N) is 2. The molecule has 2 aromatic rings. The van der Waals surface area contributed by atoms with Crippen LogP contribution in [-0.2, 0) is 21.5 Å². The van der Waals surface area contributed by atoms with E-state index in [0.717, 1.165) is 4.90 Å². The Morgan fingerprint density at radius 2 is 1.63 bits per heavy atom. The number of rotatable bonds is 10. The van der Waals surface area contributed by atoms with Crippen LogP contribution in [0.4, 0.5) is 23.2 Å². The lowest BCUT2D eigenvalue weighted by atomic mass is 9.84. The molecule has 15 heteroatoms. The summed E-state index contributed by atoms with van der Waals surface area (Å²) in [6, 6.07) is 4.04. The first-order valence-corrected chi connectivity index (χ1v) is 14.6. The van der Waals surface area contributed by atoms with Crippen LogP contribution in [-0.4, -0.2) is 90.7 Å². The molecule has 252 valence electrons. The molecule has 2 heterocycles. The van der Waals surface area contributed by atoms with Crippen molar-refractivity contribution in [1.29, 1.82) is 5.41 Å². The standard InChI is InChI=1S/C31H37F4N3O8/c1-7-44-21-11-16-12-38(27(36)22(16)23(32)26(21)45-8-2)28(46-29(42)31(33,34)35)24(41)15-9-17(30(3,4)5)25(43-6)18(10-15)37-13-19(39)20(40)14-37/h9-11,19-20,28,36,39-40H,7-8,12-14H2,1-6H3/t19-,20+,28?. The summed E-state index contributed by atoms with van der Waals surface area (Å²) in [5.74, 6) is -5.57. The van der Waals surface area contributed by atoms with Crippen LogP contribution in [0.15, 0.2) is 18.2 Å². The Bertz CT molecular complexity index is 1510. The van der Waals surface area contributed by atoms with Crippen molar-refractivity contribution in [2.24, 2.45) is 0 Å². The maximum Gasteiger partial charge on any atom is 0.491 e. The van der Waals surface area contributed by atoms with Crippen molar-refractivity contribution in [1.82, 2.24) is 4.90 Å². The second-order valence-electron chi connectivity index (χ2n) is 11.9. The first-order chi connectivity index (χ1) is 21.4. The molecule has 0 aliphatic carbocycles. The maximum absolute atomic E-state index is 15.8. The molecule has 2 aliphatic rings. The zero-order valence-corrected chi connectivity index (χ0v) is 26.2. The minimum Gasteiger partial charge on any atom is -0.494 e. The minimum atomic E-state index is -5.49. The van der Waals surface area contributed by atoms with Gasteiger partial charge in [0.1, 0.15) is 11.6 Å². The number of nitrogens with zero attached hydrogens (tertiary/aromatic N) is 2. The van der Waals surface area contributed by atoms with E-state index in [9.17, 15) is 33.0 Å². The average Bonchev–Trinajstić information content (AvgIpc) is 3.49. The number of esters is 1. The first kappa shape index (κ1) is 34.8. The second kappa shape index (κ2) is 12.9. The fraction of sp³-hybridized carbons (Fsp3) is 0.516. The van der Waals surface area contributed by atoms with Gasteiger partial charge in [-0.25, -0.2) is 9.18 Å². The Kier molecular flexibility index (Phi) is 9.78. The SMILES string of the molecule is CCOc1cc2c(c(F)c1OCC)C(=N)N(C(OC(=O)C(F)(F)F)C(=O)c1cc(N3C[C@@H](O)[C@@H](O)C3)c(OC)c(C(C)(C)C)c1)C2. The van der Waals surface area contributed by atoms with E-state index in [4.69, 9.17) is 24.4 Å². The zero-order chi connectivity index (χ0) is 34.3. The highest BCUT2D eigenvalue weighted by Gasteiger charge is 2.47. The van der Waals surface area contributed by atoms with Crippen molar-refractivity contribution in [3.8, 4) is 17.2 Å². The quantitative estimate of drug-likeness (QED) is 0.196. The molecule has 3 atom stereocenters. The molecule has 0 spiro atoms. The molecule has 0 amide bonds. The van der Waals surface area contributed by atoms with Gasteiger partial charge in [-0.2, -0.15) is 13.2 Å². The topological polar surface area (TPSA) is 142 Å². The van der Waals surface area contributed by atoms with Crippen molar-refractivity contribution < 1.29 is 56.3 Å². The van der Waals surface area contributed by atoms with Gasteiger partial charge in [0.25, 0.3) is 0 Å². The highest BCUT2D eigenvalue weighted by Crippen LogP contribution is 2.43. The zero-order valence-electron chi connectivity index (χ0n) is 26.2. The lowest BCUT2D eigenvalue weighted by Crippen LogP contribution is -2.47. The number of ether oxygens (including phenoxy) is 4. The highest BCUT2D eigenvalue weighted by molar-refractivity contribution is 6.08. The second-order valence-corrected chi connectivity index (χ2v) is 11.9. The minimum absolute atomic E-state index is 0.00461.